The summed E-state index contributed by atoms with van der Waals surface area (Å²) in [5.74, 6) is 0.856. The molecule has 0 aliphatic rings. The lowest BCUT2D eigenvalue weighted by molar-refractivity contribution is 0.0990. The van der Waals surface area contributed by atoms with Crippen molar-refractivity contribution < 1.29 is 9.53 Å². The van der Waals surface area contributed by atoms with Crippen molar-refractivity contribution in [2.45, 2.75) is 33.3 Å². The van der Waals surface area contributed by atoms with E-state index in [0.29, 0.717) is 12.1 Å². The number of nitrogens with one attached hydrogen (secondary N) is 1. The first-order chi connectivity index (χ1) is 8.13. The van der Waals surface area contributed by atoms with Gasteiger partial charge >= 0.3 is 0 Å². The molecule has 0 unspecified atom stereocenters. The molecule has 0 fully saturated rings. The number of carbonyl (C=O) groups excluding carboxylic acids is 1. The van der Waals surface area contributed by atoms with Crippen molar-refractivity contribution in [2.75, 3.05) is 13.1 Å². The summed E-state index contributed by atoms with van der Waals surface area (Å²) < 4.78 is 5.56. The Morgan fingerprint density at radius 2 is 2.18 bits per heavy atom. The smallest absolute Gasteiger partial charge is 0.176 e. The van der Waals surface area contributed by atoms with E-state index in [0.717, 1.165) is 18.7 Å². The first-order valence-corrected chi connectivity index (χ1v) is 6.14. The summed E-state index contributed by atoms with van der Waals surface area (Å²) in [5.41, 5.74) is 0.701. The first-order valence-electron chi connectivity index (χ1n) is 6.14. The Hall–Kier alpha value is -1.35. The summed E-state index contributed by atoms with van der Waals surface area (Å²) >= 11 is 0. The maximum absolute atomic E-state index is 11.8. The second kappa shape index (κ2) is 7.07. The van der Waals surface area contributed by atoms with Crippen molar-refractivity contribution in [3.63, 3.8) is 0 Å². The van der Waals surface area contributed by atoms with E-state index < -0.39 is 0 Å². The first kappa shape index (κ1) is 13.7. The van der Waals surface area contributed by atoms with Crippen LogP contribution in [0.25, 0.3) is 0 Å². The SMILES string of the molecule is CCCNCC(=O)c1cccc(OC(C)C)c1. The highest BCUT2D eigenvalue weighted by Gasteiger charge is 2.06. The second-order valence-electron chi connectivity index (χ2n) is 4.29. The van der Waals surface area contributed by atoms with E-state index in [9.17, 15) is 4.79 Å². The Labute approximate surface area is 103 Å². The molecule has 3 heteroatoms. The summed E-state index contributed by atoms with van der Waals surface area (Å²) in [4.78, 5) is 11.8. The number of Topliss-reactive ketones (excluding diaryl/α,β-unsaturated/α-hetero) is 1. The minimum atomic E-state index is 0.104. The van der Waals surface area contributed by atoms with Gasteiger partial charge in [0.1, 0.15) is 5.75 Å². The number of ether oxygens (including phenoxy) is 1. The highest BCUT2D eigenvalue weighted by molar-refractivity contribution is 5.97. The highest BCUT2D eigenvalue weighted by atomic mass is 16.5. The molecule has 0 heterocycles. The van der Waals surface area contributed by atoms with Crippen molar-refractivity contribution in [1.82, 2.24) is 5.32 Å². The maximum Gasteiger partial charge on any atom is 0.176 e. The maximum atomic E-state index is 11.8. The van der Waals surface area contributed by atoms with Crippen molar-refractivity contribution in [2.24, 2.45) is 0 Å². The van der Waals surface area contributed by atoms with Crippen LogP contribution in [0, 0.1) is 0 Å². The van der Waals surface area contributed by atoms with Crippen LogP contribution in [0.5, 0.6) is 5.75 Å². The molecule has 0 aliphatic heterocycles. The topological polar surface area (TPSA) is 38.3 Å². The van der Waals surface area contributed by atoms with Crippen LogP contribution in [0.15, 0.2) is 24.3 Å². The fourth-order valence-electron chi connectivity index (χ4n) is 1.50. The van der Waals surface area contributed by atoms with Gasteiger partial charge in [0.2, 0.25) is 0 Å². The zero-order valence-electron chi connectivity index (χ0n) is 10.8. The number of carbonyl (C=O) groups is 1. The van der Waals surface area contributed by atoms with Crippen molar-refractivity contribution in [1.29, 1.82) is 0 Å². The molecule has 0 aromatic heterocycles. The Bertz CT molecular complexity index is 361. The van der Waals surface area contributed by atoms with Gasteiger partial charge in [0.15, 0.2) is 5.78 Å². The normalized spacial score (nSPS) is 10.6. The molecular formula is C14H21NO2. The van der Waals surface area contributed by atoms with Gasteiger partial charge in [-0.2, -0.15) is 0 Å². The lowest BCUT2D eigenvalue weighted by atomic mass is 10.1. The van der Waals surface area contributed by atoms with Gasteiger partial charge in [-0.05, 0) is 38.9 Å². The lowest BCUT2D eigenvalue weighted by Crippen LogP contribution is -2.23. The molecule has 1 aromatic rings. The van der Waals surface area contributed by atoms with Gasteiger partial charge < -0.3 is 10.1 Å². The zero-order valence-corrected chi connectivity index (χ0v) is 10.8. The van der Waals surface area contributed by atoms with Crippen molar-refractivity contribution >= 4 is 5.78 Å². The molecule has 0 atom stereocenters. The molecule has 0 saturated heterocycles. The van der Waals surface area contributed by atoms with Crippen LogP contribution < -0.4 is 10.1 Å². The van der Waals surface area contributed by atoms with Crippen LogP contribution in [0.2, 0.25) is 0 Å². The summed E-state index contributed by atoms with van der Waals surface area (Å²) in [6.07, 6.45) is 1.16. The fourth-order valence-corrected chi connectivity index (χ4v) is 1.50. The molecule has 0 aliphatic carbocycles. The monoisotopic (exact) mass is 235 g/mol. The summed E-state index contributed by atoms with van der Waals surface area (Å²) in [6, 6.07) is 7.35. The van der Waals surface area contributed by atoms with E-state index in [2.05, 4.69) is 12.2 Å². The third kappa shape index (κ3) is 5.00. The molecule has 0 spiro atoms. The molecule has 94 valence electrons. The van der Waals surface area contributed by atoms with E-state index in [-0.39, 0.29) is 11.9 Å². The molecule has 0 radical (unpaired) electrons. The standard InChI is InChI=1S/C14H21NO2/c1-4-8-15-10-14(16)12-6-5-7-13(9-12)17-11(2)3/h5-7,9,11,15H,4,8,10H2,1-3H3. The molecular weight excluding hydrogens is 214 g/mol. The van der Waals surface area contributed by atoms with E-state index >= 15 is 0 Å². The quantitative estimate of drug-likeness (QED) is 0.583. The molecule has 17 heavy (non-hydrogen) atoms. The second-order valence-corrected chi connectivity index (χ2v) is 4.29. The van der Waals surface area contributed by atoms with Crippen molar-refractivity contribution in [3.05, 3.63) is 29.8 Å². The molecule has 1 aromatic carbocycles. The van der Waals surface area contributed by atoms with Crippen LogP contribution in [-0.2, 0) is 0 Å². The molecule has 1 rings (SSSR count). The lowest BCUT2D eigenvalue weighted by Gasteiger charge is -2.10. The Morgan fingerprint density at radius 1 is 1.41 bits per heavy atom. The van der Waals surface area contributed by atoms with Crippen LogP contribution in [0.1, 0.15) is 37.6 Å². The molecule has 0 bridgehead atoms. The van der Waals surface area contributed by atoms with Crippen LogP contribution in [0.3, 0.4) is 0 Å². The third-order valence-corrected chi connectivity index (χ3v) is 2.24. The van der Waals surface area contributed by atoms with Crippen LogP contribution in [-0.4, -0.2) is 25.0 Å². The average Bonchev–Trinajstić information content (AvgIpc) is 2.28. The van der Waals surface area contributed by atoms with Crippen molar-refractivity contribution in [3.8, 4) is 5.75 Å². The van der Waals surface area contributed by atoms with E-state index in [1.54, 1.807) is 6.07 Å². The predicted octanol–water partition coefficient (Wildman–Crippen LogP) is 2.66. The number of rotatable bonds is 7. The average molecular weight is 235 g/mol. The number of ketones is 1. The number of hydrogen-bond acceptors (Lipinski definition) is 3. The molecule has 1 N–H and O–H groups in total. The van der Waals surface area contributed by atoms with Crippen LogP contribution in [0.4, 0.5) is 0 Å². The van der Waals surface area contributed by atoms with Gasteiger partial charge in [-0.1, -0.05) is 19.1 Å². The van der Waals surface area contributed by atoms with Gasteiger partial charge in [0.05, 0.1) is 12.6 Å². The van der Waals surface area contributed by atoms with Gasteiger partial charge in [-0.3, -0.25) is 4.79 Å². The minimum absolute atomic E-state index is 0.104. The zero-order chi connectivity index (χ0) is 12.7. The summed E-state index contributed by atoms with van der Waals surface area (Å²) in [6.45, 7) is 7.27. The van der Waals surface area contributed by atoms with Gasteiger partial charge in [-0.15, -0.1) is 0 Å². The summed E-state index contributed by atoms with van der Waals surface area (Å²) in [5, 5.41) is 3.10. The minimum Gasteiger partial charge on any atom is -0.491 e. The van der Waals surface area contributed by atoms with Gasteiger partial charge in [0, 0.05) is 5.56 Å². The van der Waals surface area contributed by atoms with Gasteiger partial charge in [-0.25, -0.2) is 0 Å². The predicted molar refractivity (Wildman–Crippen MR) is 69.7 cm³/mol. The fraction of sp³-hybridized carbons (Fsp3) is 0.500. The Morgan fingerprint density at radius 3 is 2.82 bits per heavy atom. The summed E-state index contributed by atoms with van der Waals surface area (Å²) in [7, 11) is 0. The Kier molecular flexibility index (Phi) is 5.70. The molecule has 0 saturated carbocycles. The third-order valence-electron chi connectivity index (χ3n) is 2.24. The van der Waals surface area contributed by atoms with Crippen LogP contribution >= 0.6 is 0 Å². The molecule has 3 nitrogen and oxygen atoms in total. The van der Waals surface area contributed by atoms with E-state index in [1.165, 1.54) is 0 Å². The number of hydrogen-bond donors (Lipinski definition) is 1. The highest BCUT2D eigenvalue weighted by Crippen LogP contribution is 2.15. The van der Waals surface area contributed by atoms with E-state index in [4.69, 9.17) is 4.74 Å². The van der Waals surface area contributed by atoms with Gasteiger partial charge in [0.25, 0.3) is 0 Å². The molecule has 0 amide bonds. The Balaban J connectivity index is 2.60. The van der Waals surface area contributed by atoms with E-state index in [1.807, 2.05) is 32.0 Å². The largest absolute Gasteiger partial charge is 0.491 e. The number of benzene rings is 1.